The number of hydroxylamine groups is 1. The maximum atomic E-state index is 11.3. The van der Waals surface area contributed by atoms with Gasteiger partial charge in [0.1, 0.15) is 0 Å². The first-order valence-electron chi connectivity index (χ1n) is 7.14. The SMILES string of the molecule is CCCCOc1ccc(C=C(C)C(=O)NO)cc1OCC. The van der Waals surface area contributed by atoms with E-state index in [4.69, 9.17) is 14.7 Å². The van der Waals surface area contributed by atoms with Crippen LogP contribution in [0.15, 0.2) is 23.8 Å². The molecule has 0 spiro atoms. The van der Waals surface area contributed by atoms with E-state index in [1.165, 1.54) is 0 Å². The molecule has 0 saturated carbocycles. The molecule has 0 atom stereocenters. The molecule has 1 aromatic carbocycles. The highest BCUT2D eigenvalue weighted by atomic mass is 16.5. The summed E-state index contributed by atoms with van der Waals surface area (Å²) in [5, 5.41) is 8.60. The third-order valence-electron chi connectivity index (χ3n) is 2.87. The molecule has 0 saturated heterocycles. The van der Waals surface area contributed by atoms with Crippen LogP contribution in [-0.2, 0) is 4.79 Å². The minimum absolute atomic E-state index is 0.402. The van der Waals surface area contributed by atoms with Crippen LogP contribution < -0.4 is 15.0 Å². The van der Waals surface area contributed by atoms with E-state index >= 15 is 0 Å². The highest BCUT2D eigenvalue weighted by Crippen LogP contribution is 2.29. The standard InChI is InChI=1S/C16H23NO4/c1-4-6-9-21-14-8-7-13(11-15(14)20-5-2)10-12(3)16(18)17-19/h7-8,10-11,19H,4-6,9H2,1-3H3,(H,17,18). The molecule has 0 radical (unpaired) electrons. The lowest BCUT2D eigenvalue weighted by Crippen LogP contribution is -2.19. The first-order valence-corrected chi connectivity index (χ1v) is 7.14. The fraction of sp³-hybridized carbons (Fsp3) is 0.438. The van der Waals surface area contributed by atoms with Gasteiger partial charge in [-0.25, -0.2) is 5.48 Å². The van der Waals surface area contributed by atoms with Gasteiger partial charge in [-0.1, -0.05) is 19.4 Å². The molecule has 0 fully saturated rings. The van der Waals surface area contributed by atoms with Gasteiger partial charge in [0.25, 0.3) is 5.91 Å². The molecule has 5 nitrogen and oxygen atoms in total. The van der Waals surface area contributed by atoms with Gasteiger partial charge >= 0.3 is 0 Å². The lowest BCUT2D eigenvalue weighted by Gasteiger charge is -2.12. The summed E-state index contributed by atoms with van der Waals surface area (Å²) < 4.78 is 11.3. The van der Waals surface area contributed by atoms with Crippen LogP contribution in [0.25, 0.3) is 6.08 Å². The predicted molar refractivity (Wildman–Crippen MR) is 81.6 cm³/mol. The van der Waals surface area contributed by atoms with Gasteiger partial charge in [-0.3, -0.25) is 10.0 Å². The van der Waals surface area contributed by atoms with Gasteiger partial charge in [0.2, 0.25) is 0 Å². The van der Waals surface area contributed by atoms with Crippen molar-refractivity contribution in [3.05, 3.63) is 29.3 Å². The van der Waals surface area contributed by atoms with E-state index in [1.54, 1.807) is 18.5 Å². The van der Waals surface area contributed by atoms with Crippen molar-refractivity contribution in [2.24, 2.45) is 0 Å². The molecule has 0 aromatic heterocycles. The predicted octanol–water partition coefficient (Wildman–Crippen LogP) is 3.17. The Hall–Kier alpha value is -2.01. The van der Waals surface area contributed by atoms with Crippen molar-refractivity contribution in [3.8, 4) is 11.5 Å². The number of rotatable bonds is 8. The largest absolute Gasteiger partial charge is 0.490 e. The molecule has 1 aromatic rings. The first-order chi connectivity index (χ1) is 10.1. The van der Waals surface area contributed by atoms with E-state index in [-0.39, 0.29) is 0 Å². The van der Waals surface area contributed by atoms with Crippen molar-refractivity contribution in [2.45, 2.75) is 33.6 Å². The van der Waals surface area contributed by atoms with E-state index < -0.39 is 5.91 Å². The molecule has 0 aliphatic rings. The van der Waals surface area contributed by atoms with Gasteiger partial charge in [-0.2, -0.15) is 0 Å². The molecule has 1 rings (SSSR count). The lowest BCUT2D eigenvalue weighted by atomic mass is 10.1. The molecule has 5 heteroatoms. The van der Waals surface area contributed by atoms with Gasteiger partial charge in [-0.05, 0) is 44.0 Å². The zero-order chi connectivity index (χ0) is 15.7. The molecule has 0 heterocycles. The summed E-state index contributed by atoms with van der Waals surface area (Å²) in [7, 11) is 0. The van der Waals surface area contributed by atoms with Gasteiger partial charge < -0.3 is 9.47 Å². The number of carbonyl (C=O) groups is 1. The van der Waals surface area contributed by atoms with Crippen molar-refractivity contribution in [2.75, 3.05) is 13.2 Å². The number of carbonyl (C=O) groups excluding carboxylic acids is 1. The number of hydrogen-bond donors (Lipinski definition) is 2. The second-order valence-corrected chi connectivity index (χ2v) is 4.61. The number of nitrogens with one attached hydrogen (secondary N) is 1. The number of amides is 1. The molecular weight excluding hydrogens is 270 g/mol. The zero-order valence-corrected chi connectivity index (χ0v) is 12.8. The second kappa shape index (κ2) is 9.02. The highest BCUT2D eigenvalue weighted by molar-refractivity contribution is 5.96. The Balaban J connectivity index is 2.94. The molecular formula is C16H23NO4. The number of ether oxygens (including phenoxy) is 2. The zero-order valence-electron chi connectivity index (χ0n) is 12.8. The van der Waals surface area contributed by atoms with Crippen LogP contribution in [-0.4, -0.2) is 24.3 Å². The third-order valence-corrected chi connectivity index (χ3v) is 2.87. The number of unbranched alkanes of at least 4 members (excludes halogenated alkanes) is 1. The van der Waals surface area contributed by atoms with E-state index in [9.17, 15) is 4.79 Å². The van der Waals surface area contributed by atoms with Crippen molar-refractivity contribution in [1.29, 1.82) is 0 Å². The average Bonchev–Trinajstić information content (AvgIpc) is 2.49. The summed E-state index contributed by atoms with van der Waals surface area (Å²) in [5.41, 5.74) is 2.82. The number of benzene rings is 1. The van der Waals surface area contributed by atoms with E-state index in [0.717, 1.165) is 18.4 Å². The first kappa shape index (κ1) is 17.0. The Morgan fingerprint density at radius 3 is 2.67 bits per heavy atom. The van der Waals surface area contributed by atoms with Crippen LogP contribution in [0.2, 0.25) is 0 Å². The molecule has 116 valence electrons. The van der Waals surface area contributed by atoms with Crippen LogP contribution in [0.4, 0.5) is 0 Å². The van der Waals surface area contributed by atoms with Crippen LogP contribution >= 0.6 is 0 Å². The molecule has 2 N–H and O–H groups in total. The summed E-state index contributed by atoms with van der Waals surface area (Å²) in [6.45, 7) is 6.82. The lowest BCUT2D eigenvalue weighted by molar-refractivity contribution is -0.125. The Bertz CT molecular complexity index is 497. The normalized spacial score (nSPS) is 11.1. The molecule has 21 heavy (non-hydrogen) atoms. The minimum atomic E-state index is -0.531. The van der Waals surface area contributed by atoms with Crippen LogP contribution in [0.5, 0.6) is 11.5 Å². The molecule has 1 amide bonds. The fourth-order valence-electron chi connectivity index (χ4n) is 1.73. The van der Waals surface area contributed by atoms with E-state index in [1.807, 2.05) is 25.1 Å². The van der Waals surface area contributed by atoms with Crippen LogP contribution in [0.3, 0.4) is 0 Å². The Morgan fingerprint density at radius 2 is 2.05 bits per heavy atom. The van der Waals surface area contributed by atoms with Crippen molar-refractivity contribution in [3.63, 3.8) is 0 Å². The van der Waals surface area contributed by atoms with E-state index in [0.29, 0.717) is 30.3 Å². The minimum Gasteiger partial charge on any atom is -0.490 e. The Kier molecular flexibility index (Phi) is 7.32. The second-order valence-electron chi connectivity index (χ2n) is 4.61. The summed E-state index contributed by atoms with van der Waals surface area (Å²) >= 11 is 0. The Labute approximate surface area is 125 Å². The maximum absolute atomic E-state index is 11.3. The van der Waals surface area contributed by atoms with Gasteiger partial charge in [0, 0.05) is 5.57 Å². The molecule has 0 unspecified atom stereocenters. The number of hydrogen-bond acceptors (Lipinski definition) is 4. The highest BCUT2D eigenvalue weighted by Gasteiger charge is 2.07. The van der Waals surface area contributed by atoms with Crippen molar-refractivity contribution < 1.29 is 19.5 Å². The summed E-state index contributed by atoms with van der Waals surface area (Å²) in [5.74, 6) is 0.822. The summed E-state index contributed by atoms with van der Waals surface area (Å²) in [6, 6.07) is 5.49. The molecule has 0 bridgehead atoms. The summed E-state index contributed by atoms with van der Waals surface area (Å²) in [4.78, 5) is 11.3. The van der Waals surface area contributed by atoms with Gasteiger partial charge in [0.15, 0.2) is 11.5 Å². The van der Waals surface area contributed by atoms with Gasteiger partial charge in [-0.15, -0.1) is 0 Å². The van der Waals surface area contributed by atoms with Crippen molar-refractivity contribution >= 4 is 12.0 Å². The van der Waals surface area contributed by atoms with Crippen LogP contribution in [0.1, 0.15) is 39.2 Å². The molecule has 0 aliphatic heterocycles. The van der Waals surface area contributed by atoms with Crippen LogP contribution in [0, 0.1) is 0 Å². The molecule has 0 aliphatic carbocycles. The fourth-order valence-corrected chi connectivity index (χ4v) is 1.73. The van der Waals surface area contributed by atoms with Crippen molar-refractivity contribution in [1.82, 2.24) is 5.48 Å². The third kappa shape index (κ3) is 5.47. The smallest absolute Gasteiger partial charge is 0.270 e. The monoisotopic (exact) mass is 293 g/mol. The summed E-state index contributed by atoms with van der Waals surface area (Å²) in [6.07, 6.45) is 3.73. The van der Waals surface area contributed by atoms with E-state index in [2.05, 4.69) is 6.92 Å². The Morgan fingerprint density at radius 1 is 1.29 bits per heavy atom. The topological polar surface area (TPSA) is 67.8 Å². The average molecular weight is 293 g/mol. The van der Waals surface area contributed by atoms with Gasteiger partial charge in [0.05, 0.1) is 13.2 Å². The quantitative estimate of drug-likeness (QED) is 0.334. The maximum Gasteiger partial charge on any atom is 0.270 e.